The Morgan fingerprint density at radius 1 is 1.67 bits per heavy atom. The lowest BCUT2D eigenvalue weighted by molar-refractivity contribution is 0.742. The van der Waals surface area contributed by atoms with E-state index in [0.717, 1.165) is 6.54 Å². The van der Waals surface area contributed by atoms with Crippen LogP contribution in [0.2, 0.25) is 0 Å². The minimum atomic E-state index is 1.05. The molecule has 0 radical (unpaired) electrons. The first-order valence-corrected chi connectivity index (χ1v) is 3.85. The fraction of sp³-hybridized carbons (Fsp3) is 0.429. The predicted molar refractivity (Wildman–Crippen MR) is 42.5 cm³/mol. The molecule has 0 saturated carbocycles. The third kappa shape index (κ3) is 1.36. The summed E-state index contributed by atoms with van der Waals surface area (Å²) in [5, 5.41) is 0. The van der Waals surface area contributed by atoms with Gasteiger partial charge in [-0.2, -0.15) is 0 Å². The van der Waals surface area contributed by atoms with Crippen molar-refractivity contribution in [1.29, 1.82) is 0 Å². The molecule has 1 aromatic rings. The first-order valence-electron chi connectivity index (χ1n) is 3.06. The summed E-state index contributed by atoms with van der Waals surface area (Å²) in [7, 11) is 0. The maximum absolute atomic E-state index is 3.40. The Morgan fingerprint density at radius 2 is 2.33 bits per heavy atom. The van der Waals surface area contributed by atoms with Gasteiger partial charge >= 0.3 is 0 Å². The van der Waals surface area contributed by atoms with Crippen molar-refractivity contribution in [2.45, 2.75) is 20.4 Å². The van der Waals surface area contributed by atoms with Crippen LogP contribution in [-0.2, 0) is 6.54 Å². The van der Waals surface area contributed by atoms with E-state index in [1.54, 1.807) is 0 Å². The summed E-state index contributed by atoms with van der Waals surface area (Å²) < 4.78 is 3.37. The van der Waals surface area contributed by atoms with Gasteiger partial charge in [-0.3, -0.25) is 0 Å². The topological polar surface area (TPSA) is 4.93 Å². The molecule has 0 saturated heterocycles. The molecule has 0 aliphatic heterocycles. The molecule has 1 rings (SSSR count). The number of hydrogen-bond acceptors (Lipinski definition) is 0. The molecule has 2 heteroatoms. The number of rotatable bonds is 1. The quantitative estimate of drug-likeness (QED) is 0.638. The first kappa shape index (κ1) is 6.87. The monoisotopic (exact) mass is 187 g/mol. The van der Waals surface area contributed by atoms with Gasteiger partial charge in [0, 0.05) is 22.9 Å². The maximum Gasteiger partial charge on any atom is 0.0354 e. The number of halogens is 1. The number of hydrogen-bond donors (Lipinski definition) is 0. The van der Waals surface area contributed by atoms with Crippen molar-refractivity contribution in [2.24, 2.45) is 0 Å². The van der Waals surface area contributed by atoms with Gasteiger partial charge in [0.15, 0.2) is 0 Å². The minimum Gasteiger partial charge on any atom is -0.351 e. The fourth-order valence-electron chi connectivity index (χ4n) is 0.911. The number of aryl methyl sites for hydroxylation is 2. The Balaban J connectivity index is 3.01. The molecule has 0 spiro atoms. The summed E-state index contributed by atoms with van der Waals surface area (Å²) in [4.78, 5) is 0. The second kappa shape index (κ2) is 2.56. The number of nitrogens with zero attached hydrogens (tertiary/aromatic N) is 1. The minimum absolute atomic E-state index is 1.05. The molecule has 9 heavy (non-hydrogen) atoms. The van der Waals surface area contributed by atoms with Gasteiger partial charge in [0.05, 0.1) is 0 Å². The second-order valence-corrected chi connectivity index (χ2v) is 3.00. The highest BCUT2D eigenvalue weighted by molar-refractivity contribution is 9.10. The van der Waals surface area contributed by atoms with E-state index in [0.29, 0.717) is 0 Å². The lowest BCUT2D eigenvalue weighted by Crippen LogP contribution is -1.92. The van der Waals surface area contributed by atoms with Crippen LogP contribution in [0.1, 0.15) is 12.6 Å². The fourth-order valence-corrected chi connectivity index (χ4v) is 1.49. The summed E-state index contributed by atoms with van der Waals surface area (Å²) in [6.45, 7) is 5.30. The summed E-state index contributed by atoms with van der Waals surface area (Å²) in [6, 6.07) is 2.11. The second-order valence-electron chi connectivity index (χ2n) is 2.09. The third-order valence-corrected chi connectivity index (χ3v) is 1.85. The van der Waals surface area contributed by atoms with Crippen LogP contribution in [0, 0.1) is 6.92 Å². The summed E-state index contributed by atoms with van der Waals surface area (Å²) in [5.74, 6) is 0. The first-order chi connectivity index (χ1) is 4.24. The Bertz CT molecular complexity index is 203. The van der Waals surface area contributed by atoms with E-state index in [4.69, 9.17) is 0 Å². The van der Waals surface area contributed by atoms with Crippen molar-refractivity contribution < 1.29 is 0 Å². The number of aromatic nitrogens is 1. The standard InChI is InChI=1S/C7H10BrN/c1-3-9-5-7(8)4-6(9)2/h4-5H,3H2,1-2H3. The summed E-state index contributed by atoms with van der Waals surface area (Å²) >= 11 is 3.40. The van der Waals surface area contributed by atoms with Gasteiger partial charge < -0.3 is 4.57 Å². The van der Waals surface area contributed by atoms with Crippen LogP contribution >= 0.6 is 15.9 Å². The highest BCUT2D eigenvalue weighted by Gasteiger charge is 1.94. The van der Waals surface area contributed by atoms with Crippen molar-refractivity contribution >= 4 is 15.9 Å². The predicted octanol–water partition coefficient (Wildman–Crippen LogP) is 2.58. The van der Waals surface area contributed by atoms with Crippen molar-refractivity contribution in [3.63, 3.8) is 0 Å². The van der Waals surface area contributed by atoms with Gasteiger partial charge in [-0.1, -0.05) is 0 Å². The summed E-state index contributed by atoms with van der Waals surface area (Å²) in [6.07, 6.45) is 2.09. The lowest BCUT2D eigenvalue weighted by atomic mass is 10.5. The van der Waals surface area contributed by atoms with Crippen molar-refractivity contribution in [3.8, 4) is 0 Å². The zero-order valence-corrected chi connectivity index (χ0v) is 7.27. The van der Waals surface area contributed by atoms with Gasteiger partial charge in [0.25, 0.3) is 0 Å². The molecule has 0 fully saturated rings. The third-order valence-electron chi connectivity index (χ3n) is 1.42. The lowest BCUT2D eigenvalue weighted by Gasteiger charge is -1.97. The Kier molecular flexibility index (Phi) is 1.96. The van der Waals surface area contributed by atoms with E-state index in [9.17, 15) is 0 Å². The van der Waals surface area contributed by atoms with Crippen molar-refractivity contribution in [1.82, 2.24) is 4.57 Å². The molecule has 50 valence electrons. The van der Waals surface area contributed by atoms with Crippen LogP contribution in [0.15, 0.2) is 16.7 Å². The molecule has 0 bridgehead atoms. The van der Waals surface area contributed by atoms with E-state index >= 15 is 0 Å². The molecule has 0 N–H and O–H groups in total. The zero-order valence-electron chi connectivity index (χ0n) is 5.69. The molecule has 1 nitrogen and oxygen atoms in total. The van der Waals surface area contributed by atoms with Crippen LogP contribution in [0.4, 0.5) is 0 Å². The zero-order chi connectivity index (χ0) is 6.85. The van der Waals surface area contributed by atoms with E-state index in [-0.39, 0.29) is 0 Å². The van der Waals surface area contributed by atoms with Crippen LogP contribution in [-0.4, -0.2) is 4.57 Å². The molecule has 1 aromatic heterocycles. The average Bonchev–Trinajstić information content (AvgIpc) is 2.10. The highest BCUT2D eigenvalue weighted by Crippen LogP contribution is 2.13. The largest absolute Gasteiger partial charge is 0.351 e. The van der Waals surface area contributed by atoms with Crippen LogP contribution in [0.5, 0.6) is 0 Å². The van der Waals surface area contributed by atoms with Crippen LogP contribution < -0.4 is 0 Å². The van der Waals surface area contributed by atoms with E-state index in [2.05, 4.69) is 46.6 Å². The molecule has 1 heterocycles. The molecule has 0 unspecified atom stereocenters. The maximum atomic E-state index is 3.40. The normalized spacial score (nSPS) is 10.1. The van der Waals surface area contributed by atoms with Gasteiger partial charge in [0.2, 0.25) is 0 Å². The molecule has 0 aliphatic rings. The summed E-state index contributed by atoms with van der Waals surface area (Å²) in [5.41, 5.74) is 1.31. The van der Waals surface area contributed by atoms with Gasteiger partial charge in [-0.15, -0.1) is 0 Å². The van der Waals surface area contributed by atoms with Gasteiger partial charge in [-0.05, 0) is 35.8 Å². The SMILES string of the molecule is CCn1cc(Br)cc1C. The van der Waals surface area contributed by atoms with Crippen molar-refractivity contribution in [3.05, 3.63) is 22.4 Å². The molecule has 0 atom stereocenters. The van der Waals surface area contributed by atoms with E-state index < -0.39 is 0 Å². The molecule has 0 amide bonds. The average molecular weight is 188 g/mol. The molecular weight excluding hydrogens is 178 g/mol. The van der Waals surface area contributed by atoms with Crippen LogP contribution in [0.25, 0.3) is 0 Å². The van der Waals surface area contributed by atoms with Gasteiger partial charge in [-0.25, -0.2) is 0 Å². The molecule has 0 aromatic carbocycles. The van der Waals surface area contributed by atoms with E-state index in [1.807, 2.05) is 0 Å². The molecular formula is C7H10BrN. The smallest absolute Gasteiger partial charge is 0.0354 e. The molecule has 0 aliphatic carbocycles. The Hall–Kier alpha value is -0.240. The van der Waals surface area contributed by atoms with Gasteiger partial charge in [0.1, 0.15) is 0 Å². The Labute approximate surface area is 63.8 Å². The van der Waals surface area contributed by atoms with Crippen molar-refractivity contribution in [2.75, 3.05) is 0 Å². The highest BCUT2D eigenvalue weighted by atomic mass is 79.9. The van der Waals surface area contributed by atoms with E-state index in [1.165, 1.54) is 10.2 Å². The Morgan fingerprint density at radius 3 is 2.56 bits per heavy atom. The van der Waals surface area contributed by atoms with Crippen LogP contribution in [0.3, 0.4) is 0 Å².